The van der Waals surface area contributed by atoms with Gasteiger partial charge in [0, 0.05) is 35.2 Å². The lowest BCUT2D eigenvalue weighted by molar-refractivity contribution is 0.0524. The fraction of sp³-hybridized carbons (Fsp3) is 0.429. The Hall–Kier alpha value is -3.14. The molecule has 0 saturated carbocycles. The highest BCUT2D eigenvalue weighted by Gasteiger charge is 2.27. The van der Waals surface area contributed by atoms with E-state index in [0.29, 0.717) is 19.5 Å². The summed E-state index contributed by atoms with van der Waals surface area (Å²) in [5.74, 6) is -0.928. The van der Waals surface area contributed by atoms with Gasteiger partial charge in [-0.2, -0.15) is 0 Å². The fourth-order valence-electron chi connectivity index (χ4n) is 3.06. The van der Waals surface area contributed by atoms with Gasteiger partial charge in [0.05, 0.1) is 18.8 Å². The number of nitrogens with one attached hydrogen (secondary N) is 1. The number of fused-ring (bicyclic) bond motifs is 1. The van der Waals surface area contributed by atoms with Crippen LogP contribution in [-0.4, -0.2) is 51.7 Å². The summed E-state index contributed by atoms with van der Waals surface area (Å²) in [6, 6.07) is 4.16. The highest BCUT2D eigenvalue weighted by atomic mass is 32.1. The molecule has 0 fully saturated rings. The van der Waals surface area contributed by atoms with Crippen molar-refractivity contribution in [2.75, 3.05) is 18.5 Å². The monoisotopic (exact) mass is 447 g/mol. The van der Waals surface area contributed by atoms with Crippen LogP contribution >= 0.6 is 11.3 Å². The number of phenolic OH excluding ortho intramolecular Hbond substituents is 1. The second-order valence-corrected chi connectivity index (χ2v) is 9.07. The van der Waals surface area contributed by atoms with Gasteiger partial charge < -0.3 is 19.5 Å². The molecule has 0 spiro atoms. The number of benzene rings is 1. The molecule has 3 rings (SSSR count). The average molecular weight is 448 g/mol. The quantitative estimate of drug-likeness (QED) is 0.688. The van der Waals surface area contributed by atoms with E-state index in [9.17, 15) is 19.5 Å². The van der Waals surface area contributed by atoms with Crippen LogP contribution in [0.5, 0.6) is 5.75 Å². The highest BCUT2D eigenvalue weighted by molar-refractivity contribution is 7.13. The molecular formula is C21H25N3O6S. The third-order valence-electron chi connectivity index (χ3n) is 4.28. The molecule has 2 heterocycles. The summed E-state index contributed by atoms with van der Waals surface area (Å²) in [5, 5.41) is 12.8. The van der Waals surface area contributed by atoms with Gasteiger partial charge in [-0.15, -0.1) is 11.3 Å². The van der Waals surface area contributed by atoms with Crippen molar-refractivity contribution in [1.82, 2.24) is 9.88 Å². The van der Waals surface area contributed by atoms with Gasteiger partial charge in [-0.05, 0) is 39.8 Å². The minimum Gasteiger partial charge on any atom is -0.508 e. The Balaban J connectivity index is 1.74. The van der Waals surface area contributed by atoms with E-state index in [-0.39, 0.29) is 34.5 Å². The summed E-state index contributed by atoms with van der Waals surface area (Å²) >= 11 is 1.22. The van der Waals surface area contributed by atoms with Crippen LogP contribution in [0.2, 0.25) is 0 Å². The zero-order valence-electron chi connectivity index (χ0n) is 17.9. The largest absolute Gasteiger partial charge is 0.508 e. The first-order valence-electron chi connectivity index (χ1n) is 9.84. The van der Waals surface area contributed by atoms with Crippen molar-refractivity contribution in [3.05, 3.63) is 39.3 Å². The minimum absolute atomic E-state index is 0.156. The Labute approximate surface area is 184 Å². The van der Waals surface area contributed by atoms with Crippen molar-refractivity contribution in [3.63, 3.8) is 0 Å². The number of aromatic hydroxyl groups is 1. The van der Waals surface area contributed by atoms with Gasteiger partial charge in [-0.1, -0.05) is 0 Å². The summed E-state index contributed by atoms with van der Waals surface area (Å²) in [6.45, 7) is 7.93. The van der Waals surface area contributed by atoms with Crippen LogP contribution in [0.3, 0.4) is 0 Å². The van der Waals surface area contributed by atoms with Crippen molar-refractivity contribution in [3.8, 4) is 5.75 Å². The van der Waals surface area contributed by atoms with Crippen molar-refractivity contribution in [1.29, 1.82) is 0 Å². The molecule has 1 aromatic heterocycles. The number of phenols is 1. The molecule has 0 aliphatic carbocycles. The zero-order valence-corrected chi connectivity index (χ0v) is 18.7. The van der Waals surface area contributed by atoms with Crippen LogP contribution in [0.4, 0.5) is 10.5 Å². The molecular weight excluding hydrogens is 422 g/mol. The number of carbonyl (C=O) groups is 3. The molecule has 0 saturated heterocycles. The zero-order chi connectivity index (χ0) is 22.8. The van der Waals surface area contributed by atoms with E-state index in [1.54, 1.807) is 32.6 Å². The number of esters is 1. The molecule has 0 radical (unpaired) electrons. The number of anilines is 1. The summed E-state index contributed by atoms with van der Waals surface area (Å²) in [6.07, 6.45) is -0.172. The van der Waals surface area contributed by atoms with Crippen LogP contribution in [0.25, 0.3) is 0 Å². The lowest BCUT2D eigenvalue weighted by Crippen LogP contribution is -2.35. The minimum atomic E-state index is -0.685. The Morgan fingerprint density at radius 3 is 2.68 bits per heavy atom. The van der Waals surface area contributed by atoms with Gasteiger partial charge in [0.2, 0.25) is 5.01 Å². The van der Waals surface area contributed by atoms with Crippen LogP contribution in [0.15, 0.2) is 18.2 Å². The molecule has 1 aliphatic rings. The van der Waals surface area contributed by atoms with E-state index in [0.717, 1.165) is 10.6 Å². The maximum atomic E-state index is 13.0. The van der Waals surface area contributed by atoms with Crippen LogP contribution in [-0.2, 0) is 22.4 Å². The molecule has 166 valence electrons. The van der Waals surface area contributed by atoms with Crippen molar-refractivity contribution in [2.24, 2.45) is 0 Å². The molecule has 9 nitrogen and oxygen atoms in total. The fourth-order valence-corrected chi connectivity index (χ4v) is 4.08. The topological polar surface area (TPSA) is 118 Å². The number of hydrogen-bond acceptors (Lipinski definition) is 8. The van der Waals surface area contributed by atoms with Gasteiger partial charge >= 0.3 is 12.1 Å². The number of hydrogen-bond donors (Lipinski definition) is 2. The lowest BCUT2D eigenvalue weighted by Gasteiger charge is -2.26. The van der Waals surface area contributed by atoms with Crippen molar-refractivity contribution in [2.45, 2.75) is 46.3 Å². The lowest BCUT2D eigenvalue weighted by atomic mass is 10.1. The number of ether oxygens (including phenoxy) is 2. The maximum Gasteiger partial charge on any atom is 0.412 e. The summed E-state index contributed by atoms with van der Waals surface area (Å²) in [4.78, 5) is 43.7. The highest BCUT2D eigenvalue weighted by Crippen LogP contribution is 2.28. The number of nitrogens with zero attached hydrogens (tertiary/aromatic N) is 2. The third-order valence-corrected chi connectivity index (χ3v) is 5.34. The average Bonchev–Trinajstić information content (AvgIpc) is 3.09. The Kier molecular flexibility index (Phi) is 6.49. The first-order valence-corrected chi connectivity index (χ1v) is 10.7. The Morgan fingerprint density at radius 1 is 1.26 bits per heavy atom. The smallest absolute Gasteiger partial charge is 0.412 e. The van der Waals surface area contributed by atoms with Gasteiger partial charge in [0.15, 0.2) is 0 Å². The van der Waals surface area contributed by atoms with Crippen LogP contribution < -0.4 is 5.32 Å². The second kappa shape index (κ2) is 8.93. The predicted molar refractivity (Wildman–Crippen MR) is 114 cm³/mol. The molecule has 2 amide bonds. The molecule has 2 N–H and O–H groups in total. The van der Waals surface area contributed by atoms with E-state index >= 15 is 0 Å². The SMILES string of the molecule is CCOC(=O)c1nc2c(s1)CN(C(=O)c1cc(O)cc(NC(=O)OC(C)(C)C)c1)CC2. The molecule has 2 aromatic rings. The van der Waals surface area contributed by atoms with E-state index in [1.165, 1.54) is 29.5 Å². The molecule has 31 heavy (non-hydrogen) atoms. The molecule has 1 aromatic carbocycles. The Morgan fingerprint density at radius 2 is 2.00 bits per heavy atom. The van der Waals surface area contributed by atoms with E-state index in [2.05, 4.69) is 10.3 Å². The van der Waals surface area contributed by atoms with E-state index < -0.39 is 17.7 Å². The van der Waals surface area contributed by atoms with E-state index in [1.807, 2.05) is 0 Å². The van der Waals surface area contributed by atoms with Gasteiger partial charge in [-0.3, -0.25) is 10.1 Å². The number of aromatic nitrogens is 1. The molecule has 0 bridgehead atoms. The standard InChI is InChI=1S/C21H25N3O6S/c1-5-29-19(27)17-23-15-6-7-24(11-16(15)31-17)18(26)12-8-13(10-14(25)9-12)22-20(28)30-21(2,3)4/h8-10,25H,5-7,11H2,1-4H3,(H,22,28). The molecule has 0 atom stereocenters. The summed E-state index contributed by atoms with van der Waals surface area (Å²) < 4.78 is 10.2. The third kappa shape index (κ3) is 5.72. The van der Waals surface area contributed by atoms with Gasteiger partial charge in [-0.25, -0.2) is 14.6 Å². The first-order chi connectivity index (χ1) is 14.6. The molecule has 10 heteroatoms. The van der Waals surface area contributed by atoms with Gasteiger partial charge in [0.1, 0.15) is 11.4 Å². The molecule has 1 aliphatic heterocycles. The van der Waals surface area contributed by atoms with Crippen molar-refractivity contribution < 1.29 is 29.0 Å². The number of thiazole rings is 1. The summed E-state index contributed by atoms with van der Waals surface area (Å²) in [5.41, 5.74) is 0.588. The first kappa shape index (κ1) is 22.5. The molecule has 0 unspecified atom stereocenters. The van der Waals surface area contributed by atoms with Gasteiger partial charge in [0.25, 0.3) is 5.91 Å². The van der Waals surface area contributed by atoms with Crippen LogP contribution in [0.1, 0.15) is 58.4 Å². The maximum absolute atomic E-state index is 13.0. The second-order valence-electron chi connectivity index (χ2n) is 7.98. The number of rotatable bonds is 4. The van der Waals surface area contributed by atoms with E-state index in [4.69, 9.17) is 9.47 Å². The summed E-state index contributed by atoms with van der Waals surface area (Å²) in [7, 11) is 0. The number of carbonyl (C=O) groups excluding carboxylic acids is 3. The Bertz CT molecular complexity index is 1010. The number of amides is 2. The van der Waals surface area contributed by atoms with Crippen LogP contribution in [0, 0.1) is 0 Å². The van der Waals surface area contributed by atoms with Crippen molar-refractivity contribution >= 4 is 35.0 Å². The normalized spacial score (nSPS) is 13.4. The predicted octanol–water partition coefficient (Wildman–Crippen LogP) is 3.57.